The minimum atomic E-state index is -1.73. The molecule has 8 heteroatoms. The van der Waals surface area contributed by atoms with Gasteiger partial charge in [-0.15, -0.1) is 0 Å². The van der Waals surface area contributed by atoms with Crippen molar-refractivity contribution in [2.75, 3.05) is 5.32 Å². The summed E-state index contributed by atoms with van der Waals surface area (Å²) in [5.41, 5.74) is 0.0816. The van der Waals surface area contributed by atoms with Gasteiger partial charge in [-0.3, -0.25) is 14.6 Å². The van der Waals surface area contributed by atoms with Crippen LogP contribution >= 0.6 is 0 Å². The lowest BCUT2D eigenvalue weighted by Gasteiger charge is -2.08. The number of benzene rings is 1. The topological polar surface area (TPSA) is 71.1 Å². The summed E-state index contributed by atoms with van der Waals surface area (Å²) >= 11 is 0. The van der Waals surface area contributed by atoms with Crippen LogP contribution < -0.4 is 10.6 Å². The quantitative estimate of drug-likeness (QED) is 0.670. The predicted octanol–water partition coefficient (Wildman–Crippen LogP) is 1.75. The molecule has 2 amide bonds. The van der Waals surface area contributed by atoms with Gasteiger partial charge in [0.25, 0.3) is 0 Å². The lowest BCUT2D eigenvalue weighted by Crippen LogP contribution is -2.35. The van der Waals surface area contributed by atoms with Crippen molar-refractivity contribution in [2.45, 2.75) is 6.54 Å². The summed E-state index contributed by atoms with van der Waals surface area (Å²) in [5.74, 6) is -6.93. The standard InChI is InChI=1S/C14H10F3N3O2/c15-9-1-2-10(12(17)11(9)16)20-14(22)13(21)19-7-8-3-5-18-6-4-8/h1-6H,7H2,(H,19,21)(H,20,22). The van der Waals surface area contributed by atoms with Gasteiger partial charge in [0.15, 0.2) is 17.5 Å². The maximum absolute atomic E-state index is 13.4. The van der Waals surface area contributed by atoms with E-state index in [-0.39, 0.29) is 6.54 Å². The minimum Gasteiger partial charge on any atom is -0.344 e. The summed E-state index contributed by atoms with van der Waals surface area (Å²) in [6, 6.07) is 4.73. The third-order valence-corrected chi connectivity index (χ3v) is 2.69. The normalized spacial score (nSPS) is 10.1. The highest BCUT2D eigenvalue weighted by atomic mass is 19.2. The van der Waals surface area contributed by atoms with Crippen LogP contribution in [0.3, 0.4) is 0 Å². The van der Waals surface area contributed by atoms with Crippen molar-refractivity contribution in [2.24, 2.45) is 0 Å². The van der Waals surface area contributed by atoms with Crippen molar-refractivity contribution in [3.8, 4) is 0 Å². The molecule has 2 aromatic rings. The van der Waals surface area contributed by atoms with Crippen LogP contribution in [0.1, 0.15) is 5.56 Å². The number of carbonyl (C=O) groups is 2. The van der Waals surface area contributed by atoms with Crippen LogP contribution in [0.15, 0.2) is 36.7 Å². The summed E-state index contributed by atoms with van der Waals surface area (Å²) in [5, 5.41) is 4.16. The van der Waals surface area contributed by atoms with Crippen LogP contribution in [-0.2, 0) is 16.1 Å². The first kappa shape index (κ1) is 15.5. The first-order valence-corrected chi connectivity index (χ1v) is 6.10. The second-order valence-corrected chi connectivity index (χ2v) is 4.22. The number of nitrogens with zero attached hydrogens (tertiary/aromatic N) is 1. The zero-order valence-electron chi connectivity index (χ0n) is 11.1. The monoisotopic (exact) mass is 309 g/mol. The fourth-order valence-corrected chi connectivity index (χ4v) is 1.56. The minimum absolute atomic E-state index is 0.0645. The molecule has 1 heterocycles. The van der Waals surface area contributed by atoms with Gasteiger partial charge in [-0.05, 0) is 29.8 Å². The number of nitrogens with one attached hydrogen (secondary N) is 2. The number of aromatic nitrogens is 1. The second-order valence-electron chi connectivity index (χ2n) is 4.22. The lowest BCUT2D eigenvalue weighted by atomic mass is 10.2. The number of hydrogen-bond acceptors (Lipinski definition) is 3. The van der Waals surface area contributed by atoms with Gasteiger partial charge < -0.3 is 10.6 Å². The molecule has 0 aliphatic carbocycles. The molecule has 2 rings (SSSR count). The van der Waals surface area contributed by atoms with E-state index < -0.39 is 35.0 Å². The summed E-state index contributed by atoms with van der Waals surface area (Å²) in [7, 11) is 0. The maximum atomic E-state index is 13.4. The van der Waals surface area contributed by atoms with Crippen molar-refractivity contribution >= 4 is 17.5 Å². The van der Waals surface area contributed by atoms with E-state index in [1.807, 2.05) is 5.32 Å². The number of halogens is 3. The number of amides is 2. The van der Waals surface area contributed by atoms with Gasteiger partial charge in [0.1, 0.15) is 0 Å². The van der Waals surface area contributed by atoms with Gasteiger partial charge in [0.2, 0.25) is 0 Å². The largest absolute Gasteiger partial charge is 0.344 e. The first-order chi connectivity index (χ1) is 10.5. The molecule has 22 heavy (non-hydrogen) atoms. The average Bonchev–Trinajstić information content (AvgIpc) is 2.54. The van der Waals surface area contributed by atoms with Crippen LogP contribution in [-0.4, -0.2) is 16.8 Å². The molecule has 0 unspecified atom stereocenters. The molecule has 2 N–H and O–H groups in total. The fourth-order valence-electron chi connectivity index (χ4n) is 1.56. The third kappa shape index (κ3) is 3.60. The summed E-state index contributed by atoms with van der Waals surface area (Å²) in [6.45, 7) is 0.0645. The Morgan fingerprint density at radius 1 is 0.955 bits per heavy atom. The Morgan fingerprint density at radius 3 is 2.32 bits per heavy atom. The predicted molar refractivity (Wildman–Crippen MR) is 71.0 cm³/mol. The Kier molecular flexibility index (Phi) is 4.72. The van der Waals surface area contributed by atoms with Crippen molar-refractivity contribution in [3.05, 3.63) is 59.7 Å². The summed E-state index contributed by atoms with van der Waals surface area (Å²) in [6.07, 6.45) is 3.02. The third-order valence-electron chi connectivity index (χ3n) is 2.69. The van der Waals surface area contributed by atoms with Gasteiger partial charge in [-0.25, -0.2) is 13.2 Å². The van der Waals surface area contributed by atoms with Crippen LogP contribution in [0.5, 0.6) is 0 Å². The molecule has 0 saturated heterocycles. The Hall–Kier alpha value is -2.90. The van der Waals surface area contributed by atoms with Crippen molar-refractivity contribution in [3.63, 3.8) is 0 Å². The van der Waals surface area contributed by atoms with E-state index in [4.69, 9.17) is 0 Å². The zero-order chi connectivity index (χ0) is 16.1. The number of pyridine rings is 1. The molecule has 0 radical (unpaired) electrons. The van der Waals surface area contributed by atoms with Gasteiger partial charge in [-0.2, -0.15) is 0 Å². The number of carbonyl (C=O) groups excluding carboxylic acids is 2. The molecule has 0 saturated carbocycles. The molecule has 5 nitrogen and oxygen atoms in total. The Balaban J connectivity index is 1.97. The number of anilines is 1. The maximum Gasteiger partial charge on any atom is 0.313 e. The molecular formula is C14H10F3N3O2. The van der Waals surface area contributed by atoms with E-state index in [2.05, 4.69) is 10.3 Å². The average molecular weight is 309 g/mol. The molecule has 114 valence electrons. The van der Waals surface area contributed by atoms with Gasteiger partial charge in [0.05, 0.1) is 5.69 Å². The molecule has 1 aromatic heterocycles. The summed E-state index contributed by atoms with van der Waals surface area (Å²) in [4.78, 5) is 26.9. The summed E-state index contributed by atoms with van der Waals surface area (Å²) < 4.78 is 39.1. The van der Waals surface area contributed by atoms with Gasteiger partial charge >= 0.3 is 11.8 Å². The van der Waals surface area contributed by atoms with Gasteiger partial charge in [0, 0.05) is 18.9 Å². The molecule has 0 aliphatic heterocycles. The lowest BCUT2D eigenvalue weighted by molar-refractivity contribution is -0.136. The smallest absolute Gasteiger partial charge is 0.313 e. The number of hydrogen-bond donors (Lipinski definition) is 2. The van der Waals surface area contributed by atoms with Gasteiger partial charge in [-0.1, -0.05) is 0 Å². The van der Waals surface area contributed by atoms with Crippen molar-refractivity contribution in [1.29, 1.82) is 0 Å². The van der Waals surface area contributed by atoms with E-state index in [1.54, 1.807) is 12.1 Å². The van der Waals surface area contributed by atoms with E-state index in [0.29, 0.717) is 11.6 Å². The highest BCUT2D eigenvalue weighted by Gasteiger charge is 2.18. The SMILES string of the molecule is O=C(NCc1ccncc1)C(=O)Nc1ccc(F)c(F)c1F. The van der Waals surface area contributed by atoms with E-state index in [9.17, 15) is 22.8 Å². The van der Waals surface area contributed by atoms with E-state index in [0.717, 1.165) is 6.07 Å². The van der Waals surface area contributed by atoms with E-state index in [1.165, 1.54) is 12.4 Å². The van der Waals surface area contributed by atoms with Crippen molar-refractivity contribution < 1.29 is 22.8 Å². The fraction of sp³-hybridized carbons (Fsp3) is 0.0714. The van der Waals surface area contributed by atoms with Crippen molar-refractivity contribution in [1.82, 2.24) is 10.3 Å². The molecule has 0 bridgehead atoms. The van der Waals surface area contributed by atoms with Crippen LogP contribution in [0, 0.1) is 17.5 Å². The molecule has 0 aliphatic rings. The molecule has 1 aromatic carbocycles. The Bertz CT molecular complexity index is 708. The van der Waals surface area contributed by atoms with E-state index >= 15 is 0 Å². The van der Waals surface area contributed by atoms with Crippen LogP contribution in [0.25, 0.3) is 0 Å². The molecule has 0 fully saturated rings. The molecular weight excluding hydrogens is 299 g/mol. The van der Waals surface area contributed by atoms with Crippen LogP contribution in [0.4, 0.5) is 18.9 Å². The number of rotatable bonds is 3. The zero-order valence-corrected chi connectivity index (χ0v) is 11.1. The highest BCUT2D eigenvalue weighted by molar-refractivity contribution is 6.39. The first-order valence-electron chi connectivity index (χ1n) is 6.10. The van der Waals surface area contributed by atoms with Crippen LogP contribution in [0.2, 0.25) is 0 Å². The Morgan fingerprint density at radius 2 is 1.64 bits per heavy atom. The second kappa shape index (κ2) is 6.70. The Labute approximate surface area is 123 Å². The molecule has 0 atom stereocenters. The highest BCUT2D eigenvalue weighted by Crippen LogP contribution is 2.19. The molecule has 0 spiro atoms.